The lowest BCUT2D eigenvalue weighted by Crippen LogP contribution is -2.47. The number of hydrogen-bond acceptors (Lipinski definition) is 3. The first-order valence-corrected chi connectivity index (χ1v) is 9.36. The van der Waals surface area contributed by atoms with Crippen LogP contribution in [0, 0.1) is 0 Å². The maximum absolute atomic E-state index is 11.9. The summed E-state index contributed by atoms with van der Waals surface area (Å²) < 4.78 is 5.90. The summed E-state index contributed by atoms with van der Waals surface area (Å²) in [5.74, 6) is -0.231. The fraction of sp³-hybridized carbons (Fsp3) is 0.435. The second-order valence-electron chi connectivity index (χ2n) is 7.23. The molecule has 2 aromatic carbocycles. The first-order valence-electron chi connectivity index (χ1n) is 9.36. The summed E-state index contributed by atoms with van der Waals surface area (Å²) in [4.78, 5) is 14.1. The molecule has 0 amide bonds. The Morgan fingerprint density at radius 1 is 1.00 bits per heavy atom. The molecule has 0 bridgehead atoms. The standard InChI is InChI=1S/C23H31NO2.ClH/c1-6-22(26-19(3)25)23(17-18(2)24(4)5,20-13-9-7-10-14-20)21-15-11-8-12-16-21;/h7-16,18,22H,6,17H2,1-5H3;1H/t18-,22+;/m1./s1. The highest BCUT2D eigenvalue weighted by Gasteiger charge is 2.44. The van der Waals surface area contributed by atoms with Crippen LogP contribution in [0.15, 0.2) is 60.7 Å². The fourth-order valence-electron chi connectivity index (χ4n) is 3.76. The molecule has 0 aliphatic heterocycles. The Labute approximate surface area is 170 Å². The monoisotopic (exact) mass is 389 g/mol. The minimum atomic E-state index is -0.396. The van der Waals surface area contributed by atoms with E-state index in [4.69, 9.17) is 4.74 Å². The molecule has 4 heteroatoms. The molecule has 2 aromatic rings. The van der Waals surface area contributed by atoms with E-state index >= 15 is 0 Å². The second-order valence-corrected chi connectivity index (χ2v) is 7.23. The van der Waals surface area contributed by atoms with E-state index in [1.165, 1.54) is 18.1 Å². The van der Waals surface area contributed by atoms with Gasteiger partial charge in [0, 0.05) is 13.0 Å². The summed E-state index contributed by atoms with van der Waals surface area (Å²) in [5, 5.41) is 0. The zero-order chi connectivity index (χ0) is 19.2. The highest BCUT2D eigenvalue weighted by Crippen LogP contribution is 2.43. The van der Waals surface area contributed by atoms with Crippen LogP contribution in [0.25, 0.3) is 0 Å². The van der Waals surface area contributed by atoms with E-state index in [2.05, 4.69) is 81.4 Å². The molecule has 0 heterocycles. The number of hydrogen-bond donors (Lipinski definition) is 0. The molecule has 0 N–H and O–H groups in total. The minimum Gasteiger partial charge on any atom is -0.461 e. The van der Waals surface area contributed by atoms with Crippen molar-refractivity contribution >= 4 is 18.4 Å². The van der Waals surface area contributed by atoms with Gasteiger partial charge in [0.05, 0.1) is 5.41 Å². The van der Waals surface area contributed by atoms with Gasteiger partial charge in [-0.1, -0.05) is 67.6 Å². The van der Waals surface area contributed by atoms with E-state index in [1.54, 1.807) is 0 Å². The molecule has 0 aromatic heterocycles. The van der Waals surface area contributed by atoms with Crippen LogP contribution < -0.4 is 0 Å². The second kappa shape index (κ2) is 10.5. The van der Waals surface area contributed by atoms with Crippen molar-refractivity contribution in [1.29, 1.82) is 0 Å². The van der Waals surface area contributed by atoms with Crippen LogP contribution in [0.1, 0.15) is 44.7 Å². The molecule has 0 aliphatic carbocycles. The Kier molecular flexibility index (Phi) is 9.01. The van der Waals surface area contributed by atoms with Crippen LogP contribution in [-0.2, 0) is 14.9 Å². The van der Waals surface area contributed by atoms with Crippen LogP contribution in [0.3, 0.4) is 0 Å². The van der Waals surface area contributed by atoms with Crippen LogP contribution in [-0.4, -0.2) is 37.1 Å². The van der Waals surface area contributed by atoms with Crippen molar-refractivity contribution in [2.75, 3.05) is 14.1 Å². The summed E-state index contributed by atoms with van der Waals surface area (Å²) in [6.07, 6.45) is 1.38. The van der Waals surface area contributed by atoms with Crippen molar-refractivity contribution in [3.63, 3.8) is 0 Å². The number of halogens is 1. The van der Waals surface area contributed by atoms with E-state index in [-0.39, 0.29) is 24.5 Å². The van der Waals surface area contributed by atoms with Crippen LogP contribution in [0.2, 0.25) is 0 Å². The molecule has 0 saturated carbocycles. The number of esters is 1. The van der Waals surface area contributed by atoms with Crippen LogP contribution in [0.5, 0.6) is 0 Å². The Morgan fingerprint density at radius 2 is 1.44 bits per heavy atom. The van der Waals surface area contributed by atoms with E-state index in [9.17, 15) is 4.79 Å². The smallest absolute Gasteiger partial charge is 0.302 e. The Balaban J connectivity index is 0.00000364. The number of carbonyl (C=O) groups is 1. The number of benzene rings is 2. The maximum atomic E-state index is 11.9. The van der Waals surface area contributed by atoms with Gasteiger partial charge >= 0.3 is 5.97 Å². The average Bonchev–Trinajstić information content (AvgIpc) is 2.65. The first-order chi connectivity index (χ1) is 12.4. The summed E-state index contributed by atoms with van der Waals surface area (Å²) in [5.41, 5.74) is 1.98. The molecule has 0 spiro atoms. The predicted molar refractivity (Wildman–Crippen MR) is 115 cm³/mol. The van der Waals surface area contributed by atoms with E-state index in [0.29, 0.717) is 6.04 Å². The normalized spacial score (nSPS) is 13.6. The highest BCUT2D eigenvalue weighted by molar-refractivity contribution is 5.85. The zero-order valence-electron chi connectivity index (χ0n) is 17.0. The van der Waals surface area contributed by atoms with Crippen molar-refractivity contribution in [3.8, 4) is 0 Å². The van der Waals surface area contributed by atoms with Gasteiger partial charge in [-0.15, -0.1) is 12.4 Å². The van der Waals surface area contributed by atoms with Crippen LogP contribution >= 0.6 is 12.4 Å². The van der Waals surface area contributed by atoms with Gasteiger partial charge in [0.2, 0.25) is 0 Å². The van der Waals surface area contributed by atoms with E-state index in [0.717, 1.165) is 12.8 Å². The van der Waals surface area contributed by atoms with Crippen molar-refractivity contribution in [2.45, 2.75) is 51.2 Å². The lowest BCUT2D eigenvalue weighted by atomic mass is 9.66. The molecule has 2 atom stereocenters. The third-order valence-electron chi connectivity index (χ3n) is 5.31. The zero-order valence-corrected chi connectivity index (χ0v) is 17.8. The largest absolute Gasteiger partial charge is 0.461 e. The molecule has 0 unspecified atom stereocenters. The van der Waals surface area contributed by atoms with Crippen molar-refractivity contribution in [3.05, 3.63) is 71.8 Å². The molecule has 0 fully saturated rings. The fourth-order valence-corrected chi connectivity index (χ4v) is 3.76. The van der Waals surface area contributed by atoms with Gasteiger partial charge in [0.25, 0.3) is 0 Å². The van der Waals surface area contributed by atoms with E-state index in [1.807, 2.05) is 12.1 Å². The lowest BCUT2D eigenvalue weighted by molar-refractivity contribution is -0.150. The molecule has 0 radical (unpaired) electrons. The number of nitrogens with zero attached hydrogens (tertiary/aromatic N) is 1. The summed E-state index contributed by atoms with van der Waals surface area (Å²) in [7, 11) is 4.19. The summed E-state index contributed by atoms with van der Waals surface area (Å²) in [6, 6.07) is 21.2. The molecule has 148 valence electrons. The average molecular weight is 390 g/mol. The van der Waals surface area contributed by atoms with Gasteiger partial charge in [-0.2, -0.15) is 0 Å². The van der Waals surface area contributed by atoms with Gasteiger partial charge < -0.3 is 9.64 Å². The van der Waals surface area contributed by atoms with Gasteiger partial charge in [-0.25, -0.2) is 0 Å². The highest BCUT2D eigenvalue weighted by atomic mass is 35.5. The number of carbonyl (C=O) groups excluding carboxylic acids is 1. The van der Waals surface area contributed by atoms with Crippen LogP contribution in [0.4, 0.5) is 0 Å². The molecule has 0 aliphatic rings. The van der Waals surface area contributed by atoms with E-state index < -0.39 is 5.41 Å². The SMILES string of the molecule is CC[C@H](OC(C)=O)C(C[C@@H](C)N(C)C)(c1ccccc1)c1ccccc1.Cl. The predicted octanol–water partition coefficient (Wildman–Crippen LogP) is 5.08. The van der Waals surface area contributed by atoms with Crippen molar-refractivity contribution in [1.82, 2.24) is 4.90 Å². The maximum Gasteiger partial charge on any atom is 0.302 e. The first kappa shape index (κ1) is 23.2. The summed E-state index contributed by atoms with van der Waals surface area (Å²) in [6.45, 7) is 5.81. The summed E-state index contributed by atoms with van der Waals surface area (Å²) >= 11 is 0. The minimum absolute atomic E-state index is 0. The number of ether oxygens (including phenoxy) is 1. The molecular weight excluding hydrogens is 358 g/mol. The topological polar surface area (TPSA) is 29.5 Å². The lowest BCUT2D eigenvalue weighted by Gasteiger charge is -2.43. The Morgan fingerprint density at radius 3 is 1.78 bits per heavy atom. The molecule has 27 heavy (non-hydrogen) atoms. The quantitative estimate of drug-likeness (QED) is 0.590. The molecular formula is C23H32ClNO2. The molecule has 3 nitrogen and oxygen atoms in total. The Hall–Kier alpha value is -1.84. The van der Waals surface area contributed by atoms with Gasteiger partial charge in [0.1, 0.15) is 6.10 Å². The third-order valence-corrected chi connectivity index (χ3v) is 5.31. The van der Waals surface area contributed by atoms with Crippen molar-refractivity contribution < 1.29 is 9.53 Å². The van der Waals surface area contributed by atoms with Gasteiger partial charge in [0.15, 0.2) is 0 Å². The van der Waals surface area contributed by atoms with Gasteiger partial charge in [-0.05, 0) is 45.0 Å². The Bertz CT molecular complexity index is 649. The molecule has 2 rings (SSSR count). The van der Waals surface area contributed by atoms with Crippen molar-refractivity contribution in [2.24, 2.45) is 0 Å². The molecule has 0 saturated heterocycles. The van der Waals surface area contributed by atoms with Gasteiger partial charge in [-0.3, -0.25) is 4.79 Å². The number of rotatable bonds is 8. The third kappa shape index (κ3) is 5.33.